The molecular weight excluding hydrogens is 380 g/mol. The zero-order valence-electron chi connectivity index (χ0n) is 16.5. The normalized spacial score (nSPS) is 12.1. The second-order valence-corrected chi connectivity index (χ2v) is 8.45. The maximum Gasteiger partial charge on any atom is 0.260 e. The van der Waals surface area contributed by atoms with Crippen molar-refractivity contribution < 1.29 is 22.7 Å². The van der Waals surface area contributed by atoms with E-state index in [1.54, 1.807) is 31.2 Å². The number of benzene rings is 2. The minimum absolute atomic E-state index is 0.259. The van der Waals surface area contributed by atoms with Crippen molar-refractivity contribution in [3.05, 3.63) is 54.1 Å². The third kappa shape index (κ3) is 6.45. The fourth-order valence-corrected chi connectivity index (χ4v) is 2.88. The highest BCUT2D eigenvalue weighted by Gasteiger charge is 2.15. The molecule has 2 aromatic carbocycles. The first-order valence-corrected chi connectivity index (χ1v) is 10.7. The Morgan fingerprint density at radius 3 is 2.43 bits per heavy atom. The van der Waals surface area contributed by atoms with E-state index in [2.05, 4.69) is 5.32 Å². The van der Waals surface area contributed by atoms with Crippen molar-refractivity contribution in [1.29, 1.82) is 0 Å². The van der Waals surface area contributed by atoms with E-state index in [0.717, 1.165) is 17.6 Å². The van der Waals surface area contributed by atoms with Gasteiger partial charge in [-0.15, -0.1) is 0 Å². The van der Waals surface area contributed by atoms with Crippen LogP contribution >= 0.6 is 0 Å². The molecule has 0 aliphatic rings. The van der Waals surface area contributed by atoms with E-state index in [4.69, 9.17) is 9.47 Å². The quantitative estimate of drug-likeness (QED) is 0.646. The lowest BCUT2D eigenvalue weighted by Crippen LogP contribution is -2.38. The lowest BCUT2D eigenvalue weighted by atomic mass is 10.2. The maximum atomic E-state index is 12.1. The monoisotopic (exact) mass is 406 g/mol. The summed E-state index contributed by atoms with van der Waals surface area (Å²) in [5, 5.41) is 2.76. The number of rotatable bonds is 9. The Labute approximate surface area is 166 Å². The average molecular weight is 407 g/mol. The first-order chi connectivity index (χ1) is 13.2. The van der Waals surface area contributed by atoms with Crippen LogP contribution in [-0.4, -0.2) is 46.9 Å². The van der Waals surface area contributed by atoms with Gasteiger partial charge in [-0.25, -0.2) is 8.42 Å². The van der Waals surface area contributed by atoms with E-state index >= 15 is 0 Å². The number of carbonyl (C=O) groups is 1. The molecule has 0 aliphatic heterocycles. The molecule has 0 fully saturated rings. The van der Waals surface area contributed by atoms with Gasteiger partial charge in [0.25, 0.3) is 5.91 Å². The molecule has 0 saturated heterocycles. The summed E-state index contributed by atoms with van der Waals surface area (Å²) < 4.78 is 35.5. The molecule has 0 heterocycles. The molecule has 0 bridgehead atoms. The van der Waals surface area contributed by atoms with Crippen LogP contribution in [0.15, 0.2) is 48.5 Å². The Bertz CT molecular complexity index is 897. The zero-order chi connectivity index (χ0) is 20.7. The van der Waals surface area contributed by atoms with E-state index in [-0.39, 0.29) is 5.91 Å². The highest BCUT2D eigenvalue weighted by molar-refractivity contribution is 7.92. The van der Waals surface area contributed by atoms with Crippen molar-refractivity contribution in [3.8, 4) is 11.5 Å². The molecule has 7 nitrogen and oxygen atoms in total. The van der Waals surface area contributed by atoms with E-state index in [0.29, 0.717) is 24.6 Å². The number of aryl methyl sites for hydroxylation is 1. The third-order valence-corrected chi connectivity index (χ3v) is 5.25. The highest BCUT2D eigenvalue weighted by Crippen LogP contribution is 2.21. The smallest absolute Gasteiger partial charge is 0.260 e. The van der Waals surface area contributed by atoms with Gasteiger partial charge in [-0.3, -0.25) is 9.10 Å². The number of nitrogens with zero attached hydrogens (tertiary/aromatic N) is 1. The minimum Gasteiger partial charge on any atom is -0.492 e. The number of ether oxygens (including phenoxy) is 2. The van der Waals surface area contributed by atoms with Gasteiger partial charge in [0.1, 0.15) is 18.1 Å². The SMILES string of the molecule is Cc1cccc(OCCNC(=O)[C@H](C)Oc2ccc(N(C)S(C)(=O)=O)cc2)c1. The Morgan fingerprint density at radius 1 is 1.14 bits per heavy atom. The van der Waals surface area contributed by atoms with Crippen LogP contribution in [-0.2, 0) is 14.8 Å². The summed E-state index contributed by atoms with van der Waals surface area (Å²) in [5.74, 6) is 0.979. The number of nitrogens with one attached hydrogen (secondary N) is 1. The summed E-state index contributed by atoms with van der Waals surface area (Å²) in [4.78, 5) is 12.1. The number of hydrogen-bond acceptors (Lipinski definition) is 5. The van der Waals surface area contributed by atoms with Crippen LogP contribution in [0.1, 0.15) is 12.5 Å². The molecule has 0 aromatic heterocycles. The number of anilines is 1. The van der Waals surface area contributed by atoms with Crippen molar-refractivity contribution in [2.24, 2.45) is 0 Å². The first kappa shape index (κ1) is 21.6. The largest absolute Gasteiger partial charge is 0.492 e. The molecule has 1 amide bonds. The van der Waals surface area contributed by atoms with Gasteiger partial charge in [0.2, 0.25) is 10.0 Å². The molecule has 0 aliphatic carbocycles. The van der Waals surface area contributed by atoms with Crippen molar-refractivity contribution in [2.45, 2.75) is 20.0 Å². The van der Waals surface area contributed by atoms with Gasteiger partial charge in [-0.05, 0) is 55.8 Å². The summed E-state index contributed by atoms with van der Waals surface area (Å²) >= 11 is 0. The summed E-state index contributed by atoms with van der Waals surface area (Å²) in [6.45, 7) is 4.35. The Morgan fingerprint density at radius 2 is 1.82 bits per heavy atom. The fourth-order valence-electron chi connectivity index (χ4n) is 2.38. The molecule has 2 aromatic rings. The van der Waals surface area contributed by atoms with Gasteiger partial charge in [0.05, 0.1) is 18.5 Å². The number of sulfonamides is 1. The van der Waals surface area contributed by atoms with Gasteiger partial charge in [0, 0.05) is 7.05 Å². The van der Waals surface area contributed by atoms with Crippen LogP contribution in [0, 0.1) is 6.92 Å². The molecule has 28 heavy (non-hydrogen) atoms. The van der Waals surface area contributed by atoms with Gasteiger partial charge in [-0.2, -0.15) is 0 Å². The second kappa shape index (κ2) is 9.45. The molecule has 1 N–H and O–H groups in total. The third-order valence-electron chi connectivity index (χ3n) is 4.04. The topological polar surface area (TPSA) is 84.9 Å². The number of carbonyl (C=O) groups excluding carboxylic acids is 1. The molecular formula is C20H26N2O5S. The molecule has 152 valence electrons. The predicted molar refractivity (Wildman–Crippen MR) is 109 cm³/mol. The molecule has 2 rings (SSSR count). The summed E-state index contributed by atoms with van der Waals surface area (Å²) in [5.41, 5.74) is 1.62. The van der Waals surface area contributed by atoms with E-state index in [1.165, 1.54) is 11.4 Å². The van der Waals surface area contributed by atoms with Crippen LogP contribution in [0.2, 0.25) is 0 Å². The number of amides is 1. The molecule has 0 spiro atoms. The van der Waals surface area contributed by atoms with Crippen LogP contribution in [0.25, 0.3) is 0 Å². The van der Waals surface area contributed by atoms with Crippen LogP contribution < -0.4 is 19.1 Å². The van der Waals surface area contributed by atoms with E-state index in [9.17, 15) is 13.2 Å². The van der Waals surface area contributed by atoms with Gasteiger partial charge < -0.3 is 14.8 Å². The van der Waals surface area contributed by atoms with Crippen molar-refractivity contribution in [2.75, 3.05) is 30.8 Å². The zero-order valence-corrected chi connectivity index (χ0v) is 17.3. The molecule has 0 unspecified atom stereocenters. The highest BCUT2D eigenvalue weighted by atomic mass is 32.2. The Kier molecular flexibility index (Phi) is 7.28. The van der Waals surface area contributed by atoms with Crippen LogP contribution in [0.5, 0.6) is 11.5 Å². The average Bonchev–Trinajstić information content (AvgIpc) is 2.64. The Balaban J connectivity index is 1.78. The van der Waals surface area contributed by atoms with Crippen molar-refractivity contribution in [3.63, 3.8) is 0 Å². The summed E-state index contributed by atoms with van der Waals surface area (Å²) in [6.07, 6.45) is 0.435. The van der Waals surface area contributed by atoms with Gasteiger partial charge in [0.15, 0.2) is 6.10 Å². The summed E-state index contributed by atoms with van der Waals surface area (Å²) in [7, 11) is -1.85. The van der Waals surface area contributed by atoms with Crippen molar-refractivity contribution in [1.82, 2.24) is 5.32 Å². The molecule has 1 atom stereocenters. The standard InChI is InChI=1S/C20H26N2O5S/c1-15-6-5-7-19(14-15)26-13-12-21-20(23)16(2)27-18-10-8-17(9-11-18)22(3)28(4,24)25/h5-11,14,16H,12-13H2,1-4H3,(H,21,23)/t16-/m0/s1. The van der Waals surface area contributed by atoms with Gasteiger partial charge >= 0.3 is 0 Å². The summed E-state index contributed by atoms with van der Waals surface area (Å²) in [6, 6.07) is 14.2. The molecule has 0 radical (unpaired) electrons. The van der Waals surface area contributed by atoms with Crippen LogP contribution in [0.4, 0.5) is 5.69 Å². The maximum absolute atomic E-state index is 12.1. The van der Waals surface area contributed by atoms with E-state index < -0.39 is 16.1 Å². The first-order valence-electron chi connectivity index (χ1n) is 8.84. The minimum atomic E-state index is -3.32. The Hall–Kier alpha value is -2.74. The predicted octanol–water partition coefficient (Wildman–Crippen LogP) is 2.35. The van der Waals surface area contributed by atoms with Crippen LogP contribution in [0.3, 0.4) is 0 Å². The van der Waals surface area contributed by atoms with Crippen molar-refractivity contribution >= 4 is 21.6 Å². The van der Waals surface area contributed by atoms with Gasteiger partial charge in [-0.1, -0.05) is 12.1 Å². The fraction of sp³-hybridized carbons (Fsp3) is 0.350. The lowest BCUT2D eigenvalue weighted by molar-refractivity contribution is -0.127. The van der Waals surface area contributed by atoms with E-state index in [1.807, 2.05) is 31.2 Å². The molecule has 8 heteroatoms. The molecule has 0 saturated carbocycles. The second-order valence-electron chi connectivity index (χ2n) is 6.44. The number of hydrogen-bond donors (Lipinski definition) is 1. The lowest BCUT2D eigenvalue weighted by Gasteiger charge is -2.18.